The third kappa shape index (κ3) is 3.32. The van der Waals surface area contributed by atoms with Gasteiger partial charge in [-0.3, -0.25) is 0 Å². The van der Waals surface area contributed by atoms with Crippen LogP contribution in [0, 0.1) is 11.2 Å². The summed E-state index contributed by atoms with van der Waals surface area (Å²) in [6.07, 6.45) is 4.99. The molecule has 0 amide bonds. The minimum absolute atomic E-state index is 0.0580. The minimum Gasteiger partial charge on any atom is -0.421 e. The molecule has 3 aromatic heterocycles. The Kier molecular flexibility index (Phi) is 4.55. The molecule has 3 fully saturated rings. The van der Waals surface area contributed by atoms with Crippen LogP contribution in [0.15, 0.2) is 24.5 Å². The van der Waals surface area contributed by atoms with Crippen molar-refractivity contribution in [2.45, 2.75) is 25.0 Å². The summed E-state index contributed by atoms with van der Waals surface area (Å²) in [5, 5.41) is 14.0. The van der Waals surface area contributed by atoms with Crippen molar-refractivity contribution < 1.29 is 14.2 Å². The van der Waals surface area contributed by atoms with E-state index in [4.69, 9.17) is 15.5 Å². The van der Waals surface area contributed by atoms with Gasteiger partial charge in [-0.2, -0.15) is 9.97 Å². The van der Waals surface area contributed by atoms with Crippen molar-refractivity contribution in [2.75, 3.05) is 48.3 Å². The van der Waals surface area contributed by atoms with E-state index in [1.54, 1.807) is 19.4 Å². The van der Waals surface area contributed by atoms with Gasteiger partial charge in [0.1, 0.15) is 17.3 Å². The van der Waals surface area contributed by atoms with Crippen LogP contribution < -0.4 is 25.6 Å². The van der Waals surface area contributed by atoms with Gasteiger partial charge in [0.25, 0.3) is 0 Å². The number of rotatable bonds is 5. The molecule has 0 bridgehead atoms. The van der Waals surface area contributed by atoms with Gasteiger partial charge >= 0.3 is 6.01 Å². The van der Waals surface area contributed by atoms with Crippen LogP contribution in [-0.2, 0) is 0 Å². The fourth-order valence-electron chi connectivity index (χ4n) is 5.39. The number of hydrogen-bond acceptors (Lipinski definition) is 10. The van der Waals surface area contributed by atoms with E-state index in [0.29, 0.717) is 53.9 Å². The first-order chi connectivity index (χ1) is 17.4. The number of nitrogens with two attached hydrogens (primary N) is 1. The van der Waals surface area contributed by atoms with Gasteiger partial charge in [0.05, 0.1) is 35.1 Å². The van der Waals surface area contributed by atoms with E-state index < -0.39 is 0 Å². The zero-order chi connectivity index (χ0) is 24.6. The highest BCUT2D eigenvalue weighted by atomic mass is 19.1. The predicted molar refractivity (Wildman–Crippen MR) is 133 cm³/mol. The SMILES string of the molecule is CNc1cc(F)cc2c1[nH]c1nc(Oc3cnc(N4CC(O)C4)nc3)nc(N3C[C@H](N)C4(CC4)C3)c12. The van der Waals surface area contributed by atoms with E-state index in [9.17, 15) is 9.50 Å². The monoisotopic (exact) mass is 491 g/mol. The molecule has 4 aromatic rings. The first-order valence-corrected chi connectivity index (χ1v) is 12.1. The highest BCUT2D eigenvalue weighted by molar-refractivity contribution is 6.14. The van der Waals surface area contributed by atoms with E-state index in [1.165, 1.54) is 12.1 Å². The molecule has 1 aromatic carbocycles. The molecule has 5 heterocycles. The number of benzene rings is 1. The minimum atomic E-state index is -0.345. The number of nitrogens with zero attached hydrogens (tertiary/aromatic N) is 6. The molecule has 36 heavy (non-hydrogen) atoms. The second kappa shape index (κ2) is 7.61. The highest BCUT2D eigenvalue weighted by Crippen LogP contribution is 2.53. The number of fused-ring (bicyclic) bond motifs is 3. The summed E-state index contributed by atoms with van der Waals surface area (Å²) in [7, 11) is 1.75. The van der Waals surface area contributed by atoms with Crippen molar-refractivity contribution in [3.05, 3.63) is 30.3 Å². The summed E-state index contributed by atoms with van der Waals surface area (Å²) in [6.45, 7) is 2.47. The van der Waals surface area contributed by atoms with Crippen molar-refractivity contribution in [2.24, 2.45) is 11.1 Å². The zero-order valence-corrected chi connectivity index (χ0v) is 19.7. The van der Waals surface area contributed by atoms with Gasteiger partial charge < -0.3 is 35.7 Å². The maximum atomic E-state index is 14.5. The largest absolute Gasteiger partial charge is 0.421 e. The molecule has 1 aliphatic carbocycles. The quantitative estimate of drug-likeness (QED) is 0.327. The van der Waals surface area contributed by atoms with E-state index in [2.05, 4.69) is 30.2 Å². The number of anilines is 3. The first-order valence-electron chi connectivity index (χ1n) is 12.1. The highest BCUT2D eigenvalue weighted by Gasteiger charge is 2.54. The fourth-order valence-corrected chi connectivity index (χ4v) is 5.39. The lowest BCUT2D eigenvalue weighted by atomic mass is 10.0. The molecular formula is C24H26FN9O2. The van der Waals surface area contributed by atoms with Gasteiger partial charge in [-0.25, -0.2) is 14.4 Å². The van der Waals surface area contributed by atoms with Crippen LogP contribution in [0.5, 0.6) is 11.8 Å². The zero-order valence-electron chi connectivity index (χ0n) is 19.7. The topological polar surface area (TPSA) is 141 Å². The number of ether oxygens (including phenoxy) is 1. The Morgan fingerprint density at radius 1 is 1.17 bits per heavy atom. The summed E-state index contributed by atoms with van der Waals surface area (Å²) in [5.41, 5.74) is 8.55. The van der Waals surface area contributed by atoms with Gasteiger partial charge in [-0.15, -0.1) is 0 Å². The Morgan fingerprint density at radius 2 is 1.94 bits per heavy atom. The van der Waals surface area contributed by atoms with E-state index in [1.807, 2.05) is 4.90 Å². The average Bonchev–Trinajstić information content (AvgIpc) is 3.44. The second-order valence-corrected chi connectivity index (χ2v) is 10.0. The number of β-amino-alcohol motifs (C(OH)–C–C–N with tert-alkyl or cyclic N) is 1. The molecule has 1 saturated carbocycles. The van der Waals surface area contributed by atoms with E-state index >= 15 is 0 Å². The van der Waals surface area contributed by atoms with Gasteiger partial charge in [0.2, 0.25) is 5.95 Å². The molecule has 7 rings (SSSR count). The number of aliphatic hydroxyl groups is 1. The van der Waals surface area contributed by atoms with Crippen molar-refractivity contribution in [1.82, 2.24) is 24.9 Å². The number of H-pyrrole nitrogens is 1. The summed E-state index contributed by atoms with van der Waals surface area (Å²) in [4.78, 5) is 25.4. The van der Waals surface area contributed by atoms with Gasteiger partial charge in [0, 0.05) is 50.1 Å². The van der Waals surface area contributed by atoms with Crippen molar-refractivity contribution in [3.63, 3.8) is 0 Å². The standard InChI is InChI=1S/C24H26FN9O2/c1-27-16-5-12(25)4-15-18-20(30-19(15)16)31-23(32-21(18)34-10-17(26)24(11-34)2-3-24)36-14-6-28-22(29-7-14)33-8-13(35)9-33/h4-7,13,17,27,35H,2-3,8-11,26H2,1H3,(H,30,31,32)/t17-/m0/s1. The Bertz CT molecular complexity index is 1480. The number of aliphatic hydroxyl groups excluding tert-OH is 1. The molecule has 3 aliphatic rings. The maximum Gasteiger partial charge on any atom is 0.326 e. The smallest absolute Gasteiger partial charge is 0.326 e. The lowest BCUT2D eigenvalue weighted by Gasteiger charge is -2.35. The lowest BCUT2D eigenvalue weighted by molar-refractivity contribution is 0.140. The lowest BCUT2D eigenvalue weighted by Crippen LogP contribution is -2.51. The molecule has 0 unspecified atom stereocenters. The van der Waals surface area contributed by atoms with Crippen LogP contribution in [0.25, 0.3) is 21.9 Å². The summed E-state index contributed by atoms with van der Waals surface area (Å²) in [5.74, 6) is 1.24. The molecule has 5 N–H and O–H groups in total. The van der Waals surface area contributed by atoms with Crippen LogP contribution in [0.4, 0.5) is 21.8 Å². The normalized spacial score (nSPS) is 20.9. The van der Waals surface area contributed by atoms with E-state index in [-0.39, 0.29) is 29.4 Å². The average molecular weight is 492 g/mol. The molecular weight excluding hydrogens is 465 g/mol. The molecule has 12 heteroatoms. The van der Waals surface area contributed by atoms with Crippen LogP contribution in [-0.4, -0.2) is 75.4 Å². The number of hydrogen-bond donors (Lipinski definition) is 4. The molecule has 1 atom stereocenters. The molecule has 2 saturated heterocycles. The Labute approximate surface area is 205 Å². The summed E-state index contributed by atoms with van der Waals surface area (Å²) >= 11 is 0. The second-order valence-electron chi connectivity index (χ2n) is 10.0. The number of aromatic nitrogens is 5. The Hall–Kier alpha value is -3.77. The predicted octanol–water partition coefficient (Wildman–Crippen LogP) is 1.98. The van der Waals surface area contributed by atoms with Crippen molar-refractivity contribution in [1.29, 1.82) is 0 Å². The number of aromatic amines is 1. The van der Waals surface area contributed by atoms with Gasteiger partial charge in [-0.1, -0.05) is 0 Å². The van der Waals surface area contributed by atoms with Crippen LogP contribution in [0.3, 0.4) is 0 Å². The Morgan fingerprint density at radius 3 is 2.61 bits per heavy atom. The van der Waals surface area contributed by atoms with Crippen molar-refractivity contribution in [3.8, 4) is 11.8 Å². The molecule has 0 radical (unpaired) electrons. The van der Waals surface area contributed by atoms with Crippen LogP contribution in [0.2, 0.25) is 0 Å². The van der Waals surface area contributed by atoms with Gasteiger partial charge in [-0.05, 0) is 25.0 Å². The van der Waals surface area contributed by atoms with Crippen LogP contribution >= 0.6 is 0 Å². The summed E-state index contributed by atoms with van der Waals surface area (Å²) < 4.78 is 20.5. The van der Waals surface area contributed by atoms with Crippen molar-refractivity contribution >= 4 is 39.4 Å². The maximum absolute atomic E-state index is 14.5. The molecule has 2 aliphatic heterocycles. The first kappa shape index (κ1) is 21.5. The molecule has 11 nitrogen and oxygen atoms in total. The fraction of sp³-hybridized carbons (Fsp3) is 0.417. The van der Waals surface area contributed by atoms with E-state index in [0.717, 1.165) is 30.3 Å². The Balaban J connectivity index is 1.31. The third-order valence-electron chi connectivity index (χ3n) is 7.62. The van der Waals surface area contributed by atoms with Crippen LogP contribution in [0.1, 0.15) is 12.8 Å². The molecule has 1 spiro atoms. The summed E-state index contributed by atoms with van der Waals surface area (Å²) in [6, 6.07) is 3.15. The molecule has 186 valence electrons. The number of nitrogens with one attached hydrogen (secondary N) is 2. The van der Waals surface area contributed by atoms with Gasteiger partial charge in [0.15, 0.2) is 5.75 Å². The number of halogens is 1. The third-order valence-corrected chi connectivity index (χ3v) is 7.62.